The Hall–Kier alpha value is -2.68. The number of nitro benzene ring substituents is 1. The zero-order chi connectivity index (χ0) is 18.7. The van der Waals surface area contributed by atoms with Crippen LogP contribution >= 0.6 is 34.5 Å². The number of hydrogen-bond donors (Lipinski definition) is 2. The summed E-state index contributed by atoms with van der Waals surface area (Å²) in [4.78, 5) is 26.7. The maximum atomic E-state index is 12.0. The fourth-order valence-electron chi connectivity index (χ4n) is 2.08. The van der Waals surface area contributed by atoms with Crippen LogP contribution in [0.4, 0.5) is 21.3 Å². The molecular weight excluding hydrogens is 399 g/mol. The maximum Gasteiger partial charge on any atom is 0.325 e. The highest BCUT2D eigenvalue weighted by Gasteiger charge is 2.12. The molecule has 3 aromatic rings. The SMILES string of the molecule is O=C(Nc1ccc(Cl)c(Cl)c1)Nc1nc(-c2cccc([N+](=O)[O-])c2)cs1. The lowest BCUT2D eigenvalue weighted by Crippen LogP contribution is -2.19. The van der Waals surface area contributed by atoms with Gasteiger partial charge in [0.1, 0.15) is 0 Å². The molecule has 132 valence electrons. The van der Waals surface area contributed by atoms with Crippen molar-refractivity contribution in [3.05, 3.63) is 68.0 Å². The molecule has 1 aromatic heterocycles. The zero-order valence-corrected chi connectivity index (χ0v) is 15.2. The van der Waals surface area contributed by atoms with Gasteiger partial charge in [-0.25, -0.2) is 9.78 Å². The number of rotatable bonds is 4. The number of carbonyl (C=O) groups excluding carboxylic acids is 1. The Bertz CT molecular complexity index is 993. The third kappa shape index (κ3) is 4.29. The van der Waals surface area contributed by atoms with E-state index in [9.17, 15) is 14.9 Å². The summed E-state index contributed by atoms with van der Waals surface area (Å²) in [7, 11) is 0. The number of aromatic nitrogens is 1. The Kier molecular flexibility index (Phi) is 5.36. The fourth-order valence-corrected chi connectivity index (χ4v) is 3.09. The van der Waals surface area contributed by atoms with Crippen molar-refractivity contribution in [2.45, 2.75) is 0 Å². The minimum Gasteiger partial charge on any atom is -0.308 e. The molecule has 0 aliphatic carbocycles. The molecule has 3 rings (SSSR count). The summed E-state index contributed by atoms with van der Waals surface area (Å²) >= 11 is 12.9. The van der Waals surface area contributed by atoms with E-state index in [0.717, 1.165) is 0 Å². The van der Waals surface area contributed by atoms with Gasteiger partial charge in [-0.05, 0) is 18.2 Å². The maximum absolute atomic E-state index is 12.0. The monoisotopic (exact) mass is 408 g/mol. The molecular formula is C16H10Cl2N4O3S. The van der Waals surface area contributed by atoms with Crippen LogP contribution in [-0.4, -0.2) is 15.9 Å². The van der Waals surface area contributed by atoms with Gasteiger partial charge in [0.15, 0.2) is 5.13 Å². The Morgan fingerprint density at radius 1 is 1.12 bits per heavy atom. The minimum absolute atomic E-state index is 0.0256. The lowest BCUT2D eigenvalue weighted by atomic mass is 10.1. The van der Waals surface area contributed by atoms with E-state index >= 15 is 0 Å². The summed E-state index contributed by atoms with van der Waals surface area (Å²) in [6.45, 7) is 0. The van der Waals surface area contributed by atoms with Gasteiger partial charge in [0, 0.05) is 28.8 Å². The predicted molar refractivity (Wildman–Crippen MR) is 103 cm³/mol. The standard InChI is InChI=1S/C16H10Cl2N4O3S/c17-12-5-4-10(7-13(12)18)19-15(23)21-16-20-14(8-26-16)9-2-1-3-11(6-9)22(24)25/h1-8H,(H2,19,20,21,23). The van der Waals surface area contributed by atoms with Crippen LogP contribution in [0.2, 0.25) is 10.0 Å². The van der Waals surface area contributed by atoms with Crippen LogP contribution in [0.25, 0.3) is 11.3 Å². The molecule has 2 N–H and O–H groups in total. The molecule has 0 saturated heterocycles. The quantitative estimate of drug-likeness (QED) is 0.429. The van der Waals surface area contributed by atoms with Gasteiger partial charge in [0.25, 0.3) is 5.69 Å². The van der Waals surface area contributed by atoms with Crippen molar-refractivity contribution in [3.63, 3.8) is 0 Å². The average Bonchev–Trinajstić information content (AvgIpc) is 3.06. The van der Waals surface area contributed by atoms with Crippen molar-refractivity contribution in [1.29, 1.82) is 0 Å². The van der Waals surface area contributed by atoms with Gasteiger partial charge >= 0.3 is 6.03 Å². The molecule has 7 nitrogen and oxygen atoms in total. The van der Waals surface area contributed by atoms with E-state index in [4.69, 9.17) is 23.2 Å². The molecule has 0 spiro atoms. The normalized spacial score (nSPS) is 10.4. The van der Waals surface area contributed by atoms with Gasteiger partial charge in [0.2, 0.25) is 0 Å². The van der Waals surface area contributed by atoms with Gasteiger partial charge in [-0.3, -0.25) is 15.4 Å². The molecule has 0 unspecified atom stereocenters. The topological polar surface area (TPSA) is 97.2 Å². The molecule has 10 heteroatoms. The molecule has 0 bridgehead atoms. The first-order valence-corrected chi connectivity index (χ1v) is 8.79. The lowest BCUT2D eigenvalue weighted by Gasteiger charge is -2.06. The molecule has 0 radical (unpaired) electrons. The van der Waals surface area contributed by atoms with Crippen LogP contribution in [0.15, 0.2) is 47.8 Å². The number of nitrogens with one attached hydrogen (secondary N) is 2. The van der Waals surface area contributed by atoms with Crippen molar-refractivity contribution in [1.82, 2.24) is 4.98 Å². The Labute approximate surface area is 161 Å². The number of anilines is 2. The van der Waals surface area contributed by atoms with Crippen molar-refractivity contribution in [2.24, 2.45) is 0 Å². The largest absolute Gasteiger partial charge is 0.325 e. The first-order valence-electron chi connectivity index (χ1n) is 7.16. The fraction of sp³-hybridized carbons (Fsp3) is 0. The van der Waals surface area contributed by atoms with E-state index in [1.807, 2.05) is 0 Å². The first-order chi connectivity index (χ1) is 12.4. The van der Waals surface area contributed by atoms with E-state index in [-0.39, 0.29) is 5.69 Å². The Balaban J connectivity index is 1.70. The number of thiazole rings is 1. The highest BCUT2D eigenvalue weighted by Crippen LogP contribution is 2.28. The number of benzene rings is 2. The molecule has 0 atom stereocenters. The summed E-state index contributed by atoms with van der Waals surface area (Å²) in [5.41, 5.74) is 1.58. The first kappa shape index (κ1) is 18.1. The van der Waals surface area contributed by atoms with Crippen LogP contribution < -0.4 is 10.6 Å². The second-order valence-electron chi connectivity index (χ2n) is 5.05. The molecule has 2 aromatic carbocycles. The van der Waals surface area contributed by atoms with Crippen LogP contribution in [0, 0.1) is 10.1 Å². The number of halogens is 2. The molecule has 0 saturated carbocycles. The van der Waals surface area contributed by atoms with Crippen LogP contribution in [0.5, 0.6) is 0 Å². The van der Waals surface area contributed by atoms with Gasteiger partial charge in [0.05, 0.1) is 20.7 Å². The summed E-state index contributed by atoms with van der Waals surface area (Å²) in [6.07, 6.45) is 0. The smallest absolute Gasteiger partial charge is 0.308 e. The van der Waals surface area contributed by atoms with Crippen molar-refractivity contribution >= 4 is 57.1 Å². The second kappa shape index (κ2) is 7.69. The number of nitrogens with zero attached hydrogens (tertiary/aromatic N) is 2. The number of non-ortho nitro benzene ring substituents is 1. The summed E-state index contributed by atoms with van der Waals surface area (Å²) in [5.74, 6) is 0. The number of urea groups is 1. The highest BCUT2D eigenvalue weighted by molar-refractivity contribution is 7.14. The third-order valence-electron chi connectivity index (χ3n) is 3.25. The summed E-state index contributed by atoms with van der Waals surface area (Å²) in [5, 5.41) is 18.8. The molecule has 0 fully saturated rings. The second-order valence-corrected chi connectivity index (χ2v) is 6.73. The number of hydrogen-bond acceptors (Lipinski definition) is 5. The van der Waals surface area contributed by atoms with E-state index in [1.165, 1.54) is 29.5 Å². The van der Waals surface area contributed by atoms with E-state index < -0.39 is 11.0 Å². The van der Waals surface area contributed by atoms with E-state index in [0.29, 0.717) is 32.1 Å². The predicted octanol–water partition coefficient (Wildman–Crippen LogP) is 5.67. The van der Waals surface area contributed by atoms with Crippen molar-refractivity contribution in [2.75, 3.05) is 10.6 Å². The van der Waals surface area contributed by atoms with Gasteiger partial charge in [-0.15, -0.1) is 11.3 Å². The van der Waals surface area contributed by atoms with Gasteiger partial charge < -0.3 is 5.32 Å². The third-order valence-corrected chi connectivity index (χ3v) is 4.75. The van der Waals surface area contributed by atoms with E-state index in [1.54, 1.807) is 29.6 Å². The van der Waals surface area contributed by atoms with Crippen molar-refractivity contribution in [3.8, 4) is 11.3 Å². The Morgan fingerprint density at radius 2 is 1.92 bits per heavy atom. The molecule has 26 heavy (non-hydrogen) atoms. The number of nitro groups is 1. The molecule has 1 heterocycles. The van der Waals surface area contributed by atoms with Crippen LogP contribution in [0.1, 0.15) is 0 Å². The number of amides is 2. The lowest BCUT2D eigenvalue weighted by molar-refractivity contribution is -0.384. The number of carbonyl (C=O) groups is 1. The molecule has 0 aliphatic heterocycles. The van der Waals surface area contributed by atoms with Crippen molar-refractivity contribution < 1.29 is 9.72 Å². The van der Waals surface area contributed by atoms with E-state index in [2.05, 4.69) is 15.6 Å². The average molecular weight is 409 g/mol. The van der Waals surface area contributed by atoms with Gasteiger partial charge in [-0.1, -0.05) is 35.3 Å². The molecule has 0 aliphatic rings. The summed E-state index contributed by atoms with van der Waals surface area (Å²) < 4.78 is 0. The minimum atomic E-state index is -0.497. The van der Waals surface area contributed by atoms with Crippen LogP contribution in [-0.2, 0) is 0 Å². The zero-order valence-electron chi connectivity index (χ0n) is 12.9. The van der Waals surface area contributed by atoms with Crippen LogP contribution in [0.3, 0.4) is 0 Å². The van der Waals surface area contributed by atoms with Gasteiger partial charge in [-0.2, -0.15) is 0 Å². The Morgan fingerprint density at radius 3 is 2.65 bits per heavy atom. The highest BCUT2D eigenvalue weighted by atomic mass is 35.5. The molecule has 2 amide bonds. The summed E-state index contributed by atoms with van der Waals surface area (Å²) in [6, 6.07) is 10.3.